The minimum atomic E-state index is -3.90. The zero-order chi connectivity index (χ0) is 15.7. The van der Waals surface area contributed by atoms with E-state index in [1.165, 1.54) is 19.9 Å². The molecular weight excluding hydrogens is 284 g/mol. The summed E-state index contributed by atoms with van der Waals surface area (Å²) >= 11 is 0. The van der Waals surface area contributed by atoms with Crippen LogP contribution in [0.2, 0.25) is 0 Å². The van der Waals surface area contributed by atoms with E-state index < -0.39 is 20.5 Å². The molecule has 0 saturated heterocycles. The number of nitro groups is 1. The van der Waals surface area contributed by atoms with Crippen LogP contribution in [0.15, 0.2) is 17.0 Å². The van der Waals surface area contributed by atoms with E-state index in [1.807, 2.05) is 0 Å². The molecule has 0 aliphatic carbocycles. The first-order valence-electron chi connectivity index (χ1n) is 5.92. The molecule has 0 bridgehead atoms. The number of rotatable bonds is 5. The van der Waals surface area contributed by atoms with Crippen molar-refractivity contribution >= 4 is 15.7 Å². The van der Waals surface area contributed by atoms with Crippen LogP contribution in [-0.4, -0.2) is 30.6 Å². The van der Waals surface area contributed by atoms with Gasteiger partial charge in [-0.3, -0.25) is 10.1 Å². The smallest absolute Gasteiger partial charge is 0.273 e. The summed E-state index contributed by atoms with van der Waals surface area (Å²) in [5, 5.41) is 20.5. The van der Waals surface area contributed by atoms with Crippen LogP contribution in [0.5, 0.6) is 0 Å². The number of hydrogen-bond acceptors (Lipinski definition) is 5. The van der Waals surface area contributed by atoms with Crippen molar-refractivity contribution in [2.24, 2.45) is 0 Å². The van der Waals surface area contributed by atoms with Gasteiger partial charge in [0.15, 0.2) is 0 Å². The number of hydrogen-bond donors (Lipinski definition) is 2. The van der Waals surface area contributed by atoms with Gasteiger partial charge in [0.1, 0.15) is 0 Å². The lowest BCUT2D eigenvalue weighted by Gasteiger charge is -2.18. The fourth-order valence-corrected chi connectivity index (χ4v) is 2.82. The Balaban J connectivity index is 3.23. The van der Waals surface area contributed by atoms with Crippen molar-refractivity contribution in [1.82, 2.24) is 4.72 Å². The number of nitro benzene ring substituents is 1. The van der Waals surface area contributed by atoms with Gasteiger partial charge in [-0.2, -0.15) is 0 Å². The Morgan fingerprint density at radius 3 is 2.35 bits per heavy atom. The second-order valence-corrected chi connectivity index (χ2v) is 7.05. The number of aryl methyl sites for hydroxylation is 1. The molecule has 0 unspecified atom stereocenters. The highest BCUT2D eigenvalue weighted by Gasteiger charge is 2.23. The zero-order valence-corrected chi connectivity index (χ0v) is 12.6. The summed E-state index contributed by atoms with van der Waals surface area (Å²) in [5.41, 5.74) is -0.508. The predicted molar refractivity (Wildman–Crippen MR) is 74.1 cm³/mol. The Kier molecular flexibility index (Phi) is 4.52. The quantitative estimate of drug-likeness (QED) is 0.628. The third-order valence-electron chi connectivity index (χ3n) is 2.82. The van der Waals surface area contributed by atoms with Crippen LogP contribution in [0.25, 0.3) is 0 Å². The molecule has 1 aromatic carbocycles. The molecule has 0 saturated carbocycles. The Morgan fingerprint density at radius 1 is 1.35 bits per heavy atom. The van der Waals surface area contributed by atoms with E-state index in [9.17, 15) is 23.6 Å². The van der Waals surface area contributed by atoms with E-state index in [-0.39, 0.29) is 17.1 Å². The van der Waals surface area contributed by atoms with Crippen molar-refractivity contribution < 1.29 is 18.4 Å². The molecule has 0 spiro atoms. The molecule has 1 aromatic rings. The van der Waals surface area contributed by atoms with E-state index in [0.717, 1.165) is 6.07 Å². The van der Waals surface area contributed by atoms with Crippen LogP contribution in [0, 0.1) is 24.0 Å². The summed E-state index contributed by atoms with van der Waals surface area (Å²) in [4.78, 5) is 10.1. The molecule has 112 valence electrons. The van der Waals surface area contributed by atoms with Crippen LogP contribution in [0.1, 0.15) is 25.0 Å². The average Bonchev–Trinajstić information content (AvgIpc) is 2.28. The molecular formula is C12H18N2O5S. The molecule has 2 N–H and O–H groups in total. The lowest BCUT2D eigenvalue weighted by molar-refractivity contribution is -0.385. The lowest BCUT2D eigenvalue weighted by Crippen LogP contribution is -2.38. The van der Waals surface area contributed by atoms with Gasteiger partial charge >= 0.3 is 0 Å². The van der Waals surface area contributed by atoms with Crippen molar-refractivity contribution in [3.63, 3.8) is 0 Å². The van der Waals surface area contributed by atoms with Gasteiger partial charge in [0.25, 0.3) is 5.69 Å². The first-order valence-corrected chi connectivity index (χ1v) is 7.40. The molecule has 20 heavy (non-hydrogen) atoms. The Bertz CT molecular complexity index is 632. The van der Waals surface area contributed by atoms with Crippen molar-refractivity contribution in [2.75, 3.05) is 6.54 Å². The molecule has 7 nitrogen and oxygen atoms in total. The summed E-state index contributed by atoms with van der Waals surface area (Å²) in [6.45, 7) is 5.90. The van der Waals surface area contributed by atoms with Gasteiger partial charge in [-0.15, -0.1) is 0 Å². The highest BCUT2D eigenvalue weighted by atomic mass is 32.2. The second-order valence-electron chi connectivity index (χ2n) is 5.28. The topological polar surface area (TPSA) is 110 Å². The lowest BCUT2D eigenvalue weighted by atomic mass is 10.1. The van der Waals surface area contributed by atoms with E-state index in [1.54, 1.807) is 13.8 Å². The first kappa shape index (κ1) is 16.5. The maximum absolute atomic E-state index is 12.1. The SMILES string of the molecule is Cc1cc(S(=O)(=O)NCC(C)(C)O)cc([N+](=O)[O-])c1C. The fraction of sp³-hybridized carbons (Fsp3) is 0.500. The van der Waals surface area contributed by atoms with Crippen molar-refractivity contribution in [3.8, 4) is 0 Å². The molecule has 0 atom stereocenters. The number of nitrogens with zero attached hydrogens (tertiary/aromatic N) is 1. The normalized spacial score (nSPS) is 12.4. The van der Waals surface area contributed by atoms with Gasteiger partial charge in [-0.1, -0.05) is 0 Å². The summed E-state index contributed by atoms with van der Waals surface area (Å²) in [5.74, 6) is 0. The maximum Gasteiger partial charge on any atom is 0.273 e. The van der Waals surface area contributed by atoms with E-state index >= 15 is 0 Å². The summed E-state index contributed by atoms with van der Waals surface area (Å²) in [6, 6.07) is 2.39. The van der Waals surface area contributed by atoms with E-state index in [2.05, 4.69) is 4.72 Å². The minimum Gasteiger partial charge on any atom is -0.389 e. The van der Waals surface area contributed by atoms with Gasteiger partial charge in [-0.25, -0.2) is 13.1 Å². The number of nitrogens with one attached hydrogen (secondary N) is 1. The van der Waals surface area contributed by atoms with Crippen LogP contribution in [-0.2, 0) is 10.0 Å². The van der Waals surface area contributed by atoms with Gasteiger partial charge in [0.2, 0.25) is 10.0 Å². The van der Waals surface area contributed by atoms with Gasteiger partial charge in [0, 0.05) is 18.2 Å². The van der Waals surface area contributed by atoms with Crippen molar-refractivity contribution in [2.45, 2.75) is 38.2 Å². The van der Waals surface area contributed by atoms with E-state index in [4.69, 9.17) is 0 Å². The van der Waals surface area contributed by atoms with Gasteiger partial charge in [-0.05, 0) is 39.3 Å². The third kappa shape index (κ3) is 3.99. The minimum absolute atomic E-state index is 0.184. The van der Waals surface area contributed by atoms with Crippen LogP contribution in [0.3, 0.4) is 0 Å². The van der Waals surface area contributed by atoms with Crippen molar-refractivity contribution in [3.05, 3.63) is 33.4 Å². The summed E-state index contributed by atoms with van der Waals surface area (Å²) in [7, 11) is -3.90. The largest absolute Gasteiger partial charge is 0.389 e. The van der Waals surface area contributed by atoms with Crippen LogP contribution >= 0.6 is 0 Å². The second kappa shape index (κ2) is 5.47. The molecule has 0 aliphatic heterocycles. The standard InChI is InChI=1S/C12H18N2O5S/c1-8-5-10(6-11(9(8)2)14(16)17)20(18,19)13-7-12(3,4)15/h5-6,13,15H,7H2,1-4H3. The Morgan fingerprint density at radius 2 is 1.90 bits per heavy atom. The first-order chi connectivity index (χ1) is 8.94. The fourth-order valence-electron chi connectivity index (χ4n) is 1.51. The zero-order valence-electron chi connectivity index (χ0n) is 11.8. The predicted octanol–water partition coefficient (Wildman–Crippen LogP) is 1.26. The molecule has 0 aromatic heterocycles. The molecule has 1 rings (SSSR count). The molecule has 0 fully saturated rings. The van der Waals surface area contributed by atoms with E-state index in [0.29, 0.717) is 11.1 Å². The number of benzene rings is 1. The van der Waals surface area contributed by atoms with Gasteiger partial charge in [0.05, 0.1) is 15.4 Å². The molecule has 0 amide bonds. The molecule has 0 aliphatic rings. The number of sulfonamides is 1. The molecule has 8 heteroatoms. The summed E-state index contributed by atoms with van der Waals surface area (Å²) < 4.78 is 26.4. The average molecular weight is 302 g/mol. The third-order valence-corrected chi connectivity index (χ3v) is 4.20. The monoisotopic (exact) mass is 302 g/mol. The van der Waals surface area contributed by atoms with Crippen LogP contribution in [0.4, 0.5) is 5.69 Å². The molecule has 0 heterocycles. The Hall–Kier alpha value is -1.51. The highest BCUT2D eigenvalue weighted by molar-refractivity contribution is 7.89. The highest BCUT2D eigenvalue weighted by Crippen LogP contribution is 2.25. The summed E-state index contributed by atoms with van der Waals surface area (Å²) in [6.07, 6.45) is 0. The molecule has 0 radical (unpaired) electrons. The van der Waals surface area contributed by atoms with Gasteiger partial charge < -0.3 is 5.11 Å². The van der Waals surface area contributed by atoms with Crippen LogP contribution < -0.4 is 4.72 Å². The number of aliphatic hydroxyl groups is 1. The maximum atomic E-state index is 12.1. The Labute approximate surface area is 117 Å². The van der Waals surface area contributed by atoms with Crippen molar-refractivity contribution in [1.29, 1.82) is 0 Å².